The molecule has 0 saturated carbocycles. The van der Waals surface area contributed by atoms with Crippen molar-refractivity contribution >= 4 is 16.0 Å². The summed E-state index contributed by atoms with van der Waals surface area (Å²) in [6.45, 7) is 0. The molecule has 0 radical (unpaired) electrons. The van der Waals surface area contributed by atoms with Gasteiger partial charge < -0.3 is 0 Å². The molecule has 0 aliphatic rings. The van der Waals surface area contributed by atoms with Crippen LogP contribution in [-0.2, 0) is 0 Å². The number of hydrogen-bond donors (Lipinski definition) is 1. The van der Waals surface area contributed by atoms with E-state index < -0.39 is 10.9 Å². The Morgan fingerprint density at radius 1 is 1.18 bits per heavy atom. The zero-order valence-electron chi connectivity index (χ0n) is 6.74. The molecule has 1 aromatic rings. The van der Waals surface area contributed by atoms with Gasteiger partial charge in [-0.15, -0.1) is 0 Å². The summed E-state index contributed by atoms with van der Waals surface area (Å²) in [7, 11) is -0.477. The topological polar surface area (TPSA) is 17.1 Å². The molecule has 0 fully saturated rings. The van der Waals surface area contributed by atoms with Gasteiger partial charge in [-0.2, -0.15) is 10.9 Å². The molecule has 0 aliphatic carbocycles. The molecule has 11 heavy (non-hydrogen) atoms. The molecule has 0 N–H and O–H groups in total. The lowest BCUT2D eigenvalue weighted by Crippen LogP contribution is -1.96. The Kier molecular flexibility index (Phi) is 2.71. The van der Waals surface area contributed by atoms with Gasteiger partial charge in [0.1, 0.15) is 0 Å². The summed E-state index contributed by atoms with van der Waals surface area (Å²) in [4.78, 5) is 11.4. The molecule has 1 rings (SSSR count). The molecular formula is C9H12OS. The molecule has 0 unspecified atom stereocenters. The summed E-state index contributed by atoms with van der Waals surface area (Å²) in [5.41, 5.74) is 0.837. The van der Waals surface area contributed by atoms with E-state index in [0.717, 1.165) is 5.56 Å². The third-order valence-electron chi connectivity index (χ3n) is 1.43. The Bertz CT molecular complexity index is 241. The molecule has 1 aromatic carbocycles. The van der Waals surface area contributed by atoms with Crippen LogP contribution in [0.2, 0.25) is 0 Å². The first kappa shape index (κ1) is 8.34. The standard InChI is InChI=1S/C9H12OS/c1-11(2)9(10)8-6-4-3-5-7-8/h3-7,11H,1-2H3. The minimum atomic E-state index is -0.477. The number of thiol groups is 1. The van der Waals surface area contributed by atoms with E-state index in [4.69, 9.17) is 0 Å². The maximum Gasteiger partial charge on any atom is 0.199 e. The maximum atomic E-state index is 11.4. The summed E-state index contributed by atoms with van der Waals surface area (Å²) < 4.78 is 0. The molecule has 0 bridgehead atoms. The van der Waals surface area contributed by atoms with E-state index in [9.17, 15) is 4.79 Å². The van der Waals surface area contributed by atoms with Crippen LogP contribution < -0.4 is 0 Å². The predicted molar refractivity (Wildman–Crippen MR) is 51.6 cm³/mol. The molecule has 0 saturated heterocycles. The van der Waals surface area contributed by atoms with Crippen LogP contribution in [-0.4, -0.2) is 17.6 Å². The van der Waals surface area contributed by atoms with E-state index in [1.807, 2.05) is 42.8 Å². The quantitative estimate of drug-likeness (QED) is 0.635. The second kappa shape index (κ2) is 3.58. The third kappa shape index (κ3) is 2.09. The van der Waals surface area contributed by atoms with Crippen LogP contribution in [0, 0.1) is 0 Å². The number of benzene rings is 1. The molecular weight excluding hydrogens is 156 g/mol. The zero-order chi connectivity index (χ0) is 8.27. The Morgan fingerprint density at radius 3 is 2.18 bits per heavy atom. The highest BCUT2D eigenvalue weighted by atomic mass is 32.2. The van der Waals surface area contributed by atoms with Gasteiger partial charge in [-0.25, -0.2) is 0 Å². The average Bonchev–Trinajstić information content (AvgIpc) is 2.05. The molecule has 0 aromatic heterocycles. The fourth-order valence-corrected chi connectivity index (χ4v) is 1.50. The van der Waals surface area contributed by atoms with Crippen LogP contribution >= 0.6 is 10.9 Å². The van der Waals surface area contributed by atoms with Gasteiger partial charge in [0.15, 0.2) is 5.12 Å². The van der Waals surface area contributed by atoms with Gasteiger partial charge >= 0.3 is 0 Å². The number of rotatable bonds is 1. The predicted octanol–water partition coefficient (Wildman–Crippen LogP) is 2.09. The Morgan fingerprint density at radius 2 is 1.73 bits per heavy atom. The second-order valence-corrected chi connectivity index (χ2v) is 4.76. The third-order valence-corrected chi connectivity index (χ3v) is 2.50. The average molecular weight is 168 g/mol. The highest BCUT2D eigenvalue weighted by Gasteiger charge is 2.04. The van der Waals surface area contributed by atoms with Crippen LogP contribution in [0.5, 0.6) is 0 Å². The van der Waals surface area contributed by atoms with Gasteiger partial charge in [0.2, 0.25) is 0 Å². The summed E-state index contributed by atoms with van der Waals surface area (Å²) >= 11 is 0. The van der Waals surface area contributed by atoms with Crippen molar-refractivity contribution in [2.75, 3.05) is 12.5 Å². The molecule has 2 heteroatoms. The first-order valence-corrected chi connectivity index (χ1v) is 5.72. The molecule has 1 nitrogen and oxygen atoms in total. The van der Waals surface area contributed by atoms with E-state index in [1.54, 1.807) is 0 Å². The lowest BCUT2D eigenvalue weighted by molar-refractivity contribution is 0.108. The van der Waals surface area contributed by atoms with Crippen LogP contribution in [0.1, 0.15) is 10.4 Å². The summed E-state index contributed by atoms with van der Waals surface area (Å²) in [5, 5.41) is 0.278. The Hall–Kier alpha value is -0.760. The molecule has 0 heterocycles. The fraction of sp³-hybridized carbons (Fsp3) is 0.222. The van der Waals surface area contributed by atoms with Gasteiger partial charge in [-0.05, 0) is 12.5 Å². The highest BCUT2D eigenvalue weighted by molar-refractivity contribution is 8.29. The Labute approximate surface area is 69.8 Å². The Balaban J connectivity index is 2.86. The number of carbonyl (C=O) groups excluding carboxylic acids is 1. The smallest absolute Gasteiger partial charge is 0.199 e. The van der Waals surface area contributed by atoms with Gasteiger partial charge in [-0.3, -0.25) is 4.79 Å². The number of hydrogen-bond acceptors (Lipinski definition) is 1. The SMILES string of the molecule is C[SH](C)C(=O)c1ccccc1. The van der Waals surface area contributed by atoms with Crippen LogP contribution in [0.25, 0.3) is 0 Å². The van der Waals surface area contributed by atoms with Crippen molar-refractivity contribution in [2.24, 2.45) is 0 Å². The first-order valence-electron chi connectivity index (χ1n) is 3.48. The van der Waals surface area contributed by atoms with Crippen molar-refractivity contribution in [1.82, 2.24) is 0 Å². The normalized spacial score (nSPS) is 10.9. The maximum absolute atomic E-state index is 11.4. The van der Waals surface area contributed by atoms with E-state index in [1.165, 1.54) is 0 Å². The molecule has 0 aliphatic heterocycles. The van der Waals surface area contributed by atoms with Crippen LogP contribution in [0.3, 0.4) is 0 Å². The van der Waals surface area contributed by atoms with Gasteiger partial charge in [-0.1, -0.05) is 30.3 Å². The largest absolute Gasteiger partial charge is 0.284 e. The van der Waals surface area contributed by atoms with Crippen molar-refractivity contribution in [3.8, 4) is 0 Å². The molecule has 0 spiro atoms. The van der Waals surface area contributed by atoms with Crippen molar-refractivity contribution < 1.29 is 4.79 Å². The second-order valence-electron chi connectivity index (χ2n) is 2.57. The van der Waals surface area contributed by atoms with Crippen molar-refractivity contribution in [1.29, 1.82) is 0 Å². The minimum absolute atomic E-state index is 0.278. The van der Waals surface area contributed by atoms with Crippen LogP contribution in [0.15, 0.2) is 30.3 Å². The van der Waals surface area contributed by atoms with Crippen molar-refractivity contribution in [2.45, 2.75) is 0 Å². The van der Waals surface area contributed by atoms with E-state index in [2.05, 4.69) is 0 Å². The van der Waals surface area contributed by atoms with Gasteiger partial charge in [0, 0.05) is 5.56 Å². The molecule has 0 amide bonds. The molecule has 0 atom stereocenters. The van der Waals surface area contributed by atoms with E-state index >= 15 is 0 Å². The lowest BCUT2D eigenvalue weighted by Gasteiger charge is -2.06. The van der Waals surface area contributed by atoms with Crippen molar-refractivity contribution in [3.05, 3.63) is 35.9 Å². The van der Waals surface area contributed by atoms with Crippen LogP contribution in [0.4, 0.5) is 0 Å². The van der Waals surface area contributed by atoms with E-state index in [-0.39, 0.29) is 5.12 Å². The fourth-order valence-electron chi connectivity index (χ4n) is 0.839. The van der Waals surface area contributed by atoms with Crippen molar-refractivity contribution in [3.63, 3.8) is 0 Å². The van der Waals surface area contributed by atoms with Gasteiger partial charge in [0.25, 0.3) is 0 Å². The monoisotopic (exact) mass is 168 g/mol. The van der Waals surface area contributed by atoms with E-state index in [0.29, 0.717) is 0 Å². The lowest BCUT2D eigenvalue weighted by atomic mass is 10.2. The van der Waals surface area contributed by atoms with Gasteiger partial charge in [0.05, 0.1) is 0 Å². The highest BCUT2D eigenvalue weighted by Crippen LogP contribution is 2.20. The summed E-state index contributed by atoms with van der Waals surface area (Å²) in [5.74, 6) is 0. The number of carbonyl (C=O) groups is 1. The summed E-state index contributed by atoms with van der Waals surface area (Å²) in [6, 6.07) is 9.44. The zero-order valence-corrected chi connectivity index (χ0v) is 7.64. The first-order chi connectivity index (χ1) is 5.22. The molecule has 60 valence electrons. The summed E-state index contributed by atoms with van der Waals surface area (Å²) in [6.07, 6.45) is 3.95. The minimum Gasteiger partial charge on any atom is -0.284 e.